The summed E-state index contributed by atoms with van der Waals surface area (Å²) in [6, 6.07) is 15.5. The second-order valence-corrected chi connectivity index (χ2v) is 18.0. The number of hydrogen-bond acceptors (Lipinski definition) is 17. The lowest BCUT2D eigenvalue weighted by Gasteiger charge is -2.26. The molecular weight excluding hydrogens is 995 g/mol. The van der Waals surface area contributed by atoms with Crippen molar-refractivity contribution in [2.45, 2.75) is 7.43 Å². The predicted molar refractivity (Wildman–Crippen MR) is 312 cm³/mol. The molecule has 0 fully saturated rings. The van der Waals surface area contributed by atoms with Gasteiger partial charge >= 0.3 is 5.69 Å². The first-order valence-corrected chi connectivity index (χ1v) is 24.0. The molecule has 8 rings (SSSR count). The topological polar surface area (TPSA) is 274 Å². The number of ether oxygens (including phenoxy) is 2. The first-order valence-electron chi connectivity index (χ1n) is 24.0. The Hall–Kier alpha value is -9.74. The number of primary amides is 1. The van der Waals surface area contributed by atoms with Gasteiger partial charge in [-0.1, -0.05) is 33.2 Å². The van der Waals surface area contributed by atoms with Crippen LogP contribution in [-0.2, 0) is 9.59 Å². The molecule has 9 N–H and O–H groups in total. The molecule has 3 aromatic carbocycles. The van der Waals surface area contributed by atoms with Crippen molar-refractivity contribution >= 4 is 86.5 Å². The van der Waals surface area contributed by atoms with Crippen molar-refractivity contribution in [1.82, 2.24) is 49.6 Å². The molecule has 1 aliphatic heterocycles. The van der Waals surface area contributed by atoms with Crippen LogP contribution in [0.3, 0.4) is 0 Å². The molecular formula is C55H67N17O6. The summed E-state index contributed by atoms with van der Waals surface area (Å²) >= 11 is 0. The smallest absolute Gasteiger partial charge is 0.332 e. The van der Waals surface area contributed by atoms with Crippen molar-refractivity contribution in [3.63, 3.8) is 0 Å². The van der Waals surface area contributed by atoms with Gasteiger partial charge in [-0.25, -0.2) is 24.3 Å². The minimum absolute atomic E-state index is 0. The fourth-order valence-corrected chi connectivity index (χ4v) is 8.09. The van der Waals surface area contributed by atoms with Crippen LogP contribution in [0.25, 0.3) is 39.9 Å². The zero-order valence-electron chi connectivity index (χ0n) is 44.2. The molecule has 0 unspecified atom stereocenters. The number of H-pyrrole nitrogens is 2. The molecule has 5 heterocycles. The molecule has 78 heavy (non-hydrogen) atoms. The van der Waals surface area contributed by atoms with Gasteiger partial charge in [0.25, 0.3) is 5.91 Å². The lowest BCUT2D eigenvalue weighted by Crippen LogP contribution is -2.29. The van der Waals surface area contributed by atoms with E-state index >= 15 is 0 Å². The summed E-state index contributed by atoms with van der Waals surface area (Å²) in [5, 5.41) is 15.2. The first-order chi connectivity index (χ1) is 36.9. The molecule has 408 valence electrons. The van der Waals surface area contributed by atoms with E-state index in [-0.39, 0.29) is 36.6 Å². The van der Waals surface area contributed by atoms with Gasteiger partial charge in [0.05, 0.1) is 82.0 Å². The van der Waals surface area contributed by atoms with Gasteiger partial charge in [-0.2, -0.15) is 4.98 Å². The van der Waals surface area contributed by atoms with E-state index in [1.807, 2.05) is 83.9 Å². The monoisotopic (exact) mass is 1060 g/mol. The Bertz CT molecular complexity index is 3450. The molecule has 4 aromatic heterocycles. The van der Waals surface area contributed by atoms with Gasteiger partial charge in [-0.3, -0.25) is 14.4 Å². The Kier molecular flexibility index (Phi) is 18.9. The van der Waals surface area contributed by atoms with Crippen LogP contribution in [0.15, 0.2) is 116 Å². The number of aromatic amines is 2. The summed E-state index contributed by atoms with van der Waals surface area (Å²) in [6.45, 7) is 14.2. The number of para-hydroxylation sites is 1. The van der Waals surface area contributed by atoms with Crippen molar-refractivity contribution in [2.24, 2.45) is 5.73 Å². The molecule has 0 radical (unpaired) electrons. The number of carbonyl (C=O) groups is 3. The third kappa shape index (κ3) is 13.4. The van der Waals surface area contributed by atoms with Crippen molar-refractivity contribution < 1.29 is 23.9 Å². The maximum absolute atomic E-state index is 12.9. The highest BCUT2D eigenvalue weighted by Crippen LogP contribution is 2.40. The number of amides is 3. The van der Waals surface area contributed by atoms with Gasteiger partial charge in [0.1, 0.15) is 17.3 Å². The Balaban J connectivity index is 0.000000250. The normalized spacial score (nSPS) is 11.3. The predicted octanol–water partition coefficient (Wildman–Crippen LogP) is 6.61. The van der Waals surface area contributed by atoms with E-state index in [2.05, 4.69) is 85.9 Å². The van der Waals surface area contributed by atoms with Crippen molar-refractivity contribution in [1.29, 1.82) is 0 Å². The quantitative estimate of drug-likeness (QED) is 0.0352. The van der Waals surface area contributed by atoms with Crippen LogP contribution in [0.1, 0.15) is 29.0 Å². The minimum Gasteiger partial charge on any atom is -0.494 e. The summed E-state index contributed by atoms with van der Waals surface area (Å²) in [6.07, 6.45) is 11.3. The van der Waals surface area contributed by atoms with Gasteiger partial charge in [0.2, 0.25) is 23.7 Å². The highest BCUT2D eigenvalue weighted by molar-refractivity contribution is 6.05. The fraction of sp³-hybridized carbons (Fsp3) is 0.236. The molecule has 0 atom stereocenters. The van der Waals surface area contributed by atoms with Crippen LogP contribution in [-0.4, -0.2) is 145 Å². The van der Waals surface area contributed by atoms with E-state index in [1.54, 1.807) is 43.6 Å². The summed E-state index contributed by atoms with van der Waals surface area (Å²) in [5.74, 6) is 0.536. The SMILES string of the molecule is C.C=CC(=O)Nc1cc(Nc2nccc(-c3c[nH]c4c3C=CNC4=C)n2)c(OC)cc1N(C)CCN(C)C.C=CC(=O)Nc1cc(Nc2nccc(-n3c(=O)[nH]c4c(C(N)=O)cccc43)n2)c(OC)cc1N(C)CCN(C)C. The molecule has 0 saturated heterocycles. The standard InChI is InChI=1S/C27H31N9O4.C27H32N8O2.CH4/c1-6-23(37)30-17-14-18(21(40-5)15-20(17)35(4)13-12-34(2)3)31-26-29-11-10-22(32-26)36-19-9-7-8-16(25(28)38)24(19)33-27(36)39;1-7-25(36)31-21-14-22(24(37-6)15-23(21)35(5)13-12-34(3)4)33-27-29-11-9-20(32-27)19-16-30-26-17(2)28-10-8-18(19)26;/h6-11,14-15H,1,12-13H2,2-5H3,(H2,28,38)(H,30,37)(H,33,39)(H,29,31,32);7-11,14-16,28,30H,1-2,12-13H2,3-6H3,(H,31,36)(H,29,32,33);1H4. The zero-order valence-corrected chi connectivity index (χ0v) is 44.2. The average molecular weight is 1060 g/mol. The summed E-state index contributed by atoms with van der Waals surface area (Å²) < 4.78 is 12.7. The van der Waals surface area contributed by atoms with Crippen molar-refractivity contribution in [3.8, 4) is 28.6 Å². The Morgan fingerprint density at radius 3 is 1.83 bits per heavy atom. The van der Waals surface area contributed by atoms with Gasteiger partial charge in [-0.05, 0) is 76.8 Å². The average Bonchev–Trinajstić information content (AvgIpc) is 4.01. The number of benzene rings is 3. The number of fused-ring (bicyclic) bond motifs is 2. The molecule has 1 aliphatic rings. The van der Waals surface area contributed by atoms with Crippen LogP contribution in [0.5, 0.6) is 11.5 Å². The largest absolute Gasteiger partial charge is 0.494 e. The van der Waals surface area contributed by atoms with E-state index in [0.717, 1.165) is 59.2 Å². The third-order valence-electron chi connectivity index (χ3n) is 12.1. The van der Waals surface area contributed by atoms with Crippen LogP contribution in [0, 0.1) is 0 Å². The van der Waals surface area contributed by atoms with Crippen LogP contribution in [0.2, 0.25) is 0 Å². The fourth-order valence-electron chi connectivity index (χ4n) is 8.09. The van der Waals surface area contributed by atoms with Crippen LogP contribution >= 0.6 is 0 Å². The molecule has 0 saturated carbocycles. The highest BCUT2D eigenvalue weighted by Gasteiger charge is 2.22. The molecule has 0 spiro atoms. The number of likely N-dealkylation sites (N-methyl/N-ethyl adjacent to an activating group) is 4. The van der Waals surface area contributed by atoms with E-state index in [4.69, 9.17) is 20.2 Å². The zero-order chi connectivity index (χ0) is 55.5. The highest BCUT2D eigenvalue weighted by atomic mass is 16.5. The number of imidazole rings is 1. The number of nitrogens with one attached hydrogen (secondary N) is 7. The van der Waals surface area contributed by atoms with E-state index in [0.29, 0.717) is 57.8 Å². The Morgan fingerprint density at radius 2 is 1.31 bits per heavy atom. The summed E-state index contributed by atoms with van der Waals surface area (Å²) in [4.78, 5) is 81.2. The number of aromatic nitrogens is 7. The lowest BCUT2D eigenvalue weighted by atomic mass is 10.0. The second kappa shape index (κ2) is 25.7. The van der Waals surface area contributed by atoms with E-state index < -0.39 is 11.6 Å². The Labute approximate surface area is 452 Å². The summed E-state index contributed by atoms with van der Waals surface area (Å²) in [7, 11) is 15.0. The number of hydrogen-bond donors (Lipinski definition) is 8. The minimum atomic E-state index is -0.661. The molecule has 0 bridgehead atoms. The lowest BCUT2D eigenvalue weighted by molar-refractivity contribution is -0.112. The first kappa shape index (κ1) is 57.5. The van der Waals surface area contributed by atoms with Crippen LogP contribution < -0.4 is 57.3 Å². The second-order valence-electron chi connectivity index (χ2n) is 18.0. The van der Waals surface area contributed by atoms with E-state index in [9.17, 15) is 19.2 Å². The molecule has 0 aliphatic carbocycles. The number of nitrogens with zero attached hydrogens (tertiary/aromatic N) is 9. The Morgan fingerprint density at radius 1 is 0.756 bits per heavy atom. The van der Waals surface area contributed by atoms with Crippen molar-refractivity contribution in [3.05, 3.63) is 139 Å². The third-order valence-corrected chi connectivity index (χ3v) is 12.1. The number of methoxy groups -OCH3 is 2. The van der Waals surface area contributed by atoms with Crippen molar-refractivity contribution in [2.75, 3.05) is 114 Å². The molecule has 7 aromatic rings. The van der Waals surface area contributed by atoms with Gasteiger partial charge in [0.15, 0.2) is 0 Å². The maximum Gasteiger partial charge on any atom is 0.332 e. The van der Waals surface area contributed by atoms with E-state index in [1.165, 1.54) is 36.1 Å². The number of nitrogens with two attached hydrogens (primary N) is 1. The number of carbonyl (C=O) groups excluding carboxylic acids is 3. The van der Waals surface area contributed by atoms with Gasteiger partial charge in [-0.15, -0.1) is 0 Å². The summed E-state index contributed by atoms with van der Waals surface area (Å²) in [5.41, 5.74) is 14.1. The molecule has 23 heteroatoms. The molecule has 23 nitrogen and oxygen atoms in total. The maximum atomic E-state index is 12.9. The van der Waals surface area contributed by atoms with Gasteiger partial charge < -0.3 is 71.4 Å². The van der Waals surface area contributed by atoms with Crippen LogP contribution in [0.4, 0.5) is 46.0 Å². The number of anilines is 8. The van der Waals surface area contributed by atoms with Gasteiger partial charge in [0, 0.05) is 94.4 Å². The molecule has 3 amide bonds. The number of rotatable bonds is 21.